The van der Waals surface area contributed by atoms with Gasteiger partial charge in [-0.3, -0.25) is 4.79 Å². The molecule has 0 aromatic carbocycles. The third kappa shape index (κ3) is 3.96. The minimum absolute atomic E-state index is 0.188. The van der Waals surface area contributed by atoms with Gasteiger partial charge in [-0.25, -0.2) is 9.78 Å². The molecule has 1 fully saturated rings. The molecule has 1 amide bonds. The first-order valence-electron chi connectivity index (χ1n) is 10.1. The molecule has 0 bridgehead atoms. The van der Waals surface area contributed by atoms with E-state index >= 15 is 0 Å². The molecule has 2 aliphatic rings. The van der Waals surface area contributed by atoms with Gasteiger partial charge in [-0.2, -0.15) is 5.26 Å². The number of hydrogen-bond acceptors (Lipinski definition) is 6. The normalized spacial score (nSPS) is 16.1. The van der Waals surface area contributed by atoms with Crippen molar-refractivity contribution in [2.75, 3.05) is 37.7 Å². The second-order valence-corrected chi connectivity index (χ2v) is 7.78. The molecule has 3 rings (SSSR count). The Balaban J connectivity index is 1.82. The number of rotatable bonds is 4. The van der Waals surface area contributed by atoms with Crippen molar-refractivity contribution >= 4 is 17.7 Å². The molecular weight excluding hydrogens is 356 g/mol. The third-order valence-corrected chi connectivity index (χ3v) is 5.36. The second kappa shape index (κ2) is 8.59. The molecule has 1 aliphatic heterocycles. The summed E-state index contributed by atoms with van der Waals surface area (Å²) in [6, 6.07) is 2.38. The molecule has 0 radical (unpaired) electrons. The fourth-order valence-corrected chi connectivity index (χ4v) is 4.07. The van der Waals surface area contributed by atoms with Gasteiger partial charge in [-0.15, -0.1) is 0 Å². The number of esters is 1. The lowest BCUT2D eigenvalue weighted by molar-refractivity contribution is -0.160. The molecule has 1 aliphatic carbocycles. The summed E-state index contributed by atoms with van der Waals surface area (Å²) in [6.45, 7) is 8.16. The number of pyridine rings is 1. The van der Waals surface area contributed by atoms with E-state index < -0.39 is 11.9 Å². The number of amides is 1. The number of anilines is 1. The molecule has 28 heavy (non-hydrogen) atoms. The van der Waals surface area contributed by atoms with Gasteiger partial charge in [0.25, 0.3) is 0 Å². The van der Waals surface area contributed by atoms with Crippen LogP contribution >= 0.6 is 0 Å². The SMILES string of the molecule is CCOC(=O)C(=O)N1CCN(c2nc(CC(C)C)c3c(c2C#N)CCC3)CC1. The van der Waals surface area contributed by atoms with Gasteiger partial charge in [0.2, 0.25) is 0 Å². The Hall–Kier alpha value is -2.62. The standard InChI is InChI=1S/C21H28N4O3/c1-4-28-21(27)20(26)25-10-8-24(9-11-25)19-17(13-22)15-6-5-7-16(15)18(23-19)12-14(2)3/h14H,4-12H2,1-3H3. The molecule has 1 aromatic rings. The summed E-state index contributed by atoms with van der Waals surface area (Å²) in [5.74, 6) is -0.160. The number of ether oxygens (including phenoxy) is 1. The van der Waals surface area contributed by atoms with E-state index in [4.69, 9.17) is 9.72 Å². The van der Waals surface area contributed by atoms with E-state index in [1.807, 2.05) is 0 Å². The van der Waals surface area contributed by atoms with Crippen LogP contribution in [0.4, 0.5) is 5.82 Å². The summed E-state index contributed by atoms with van der Waals surface area (Å²) in [4.78, 5) is 32.4. The zero-order chi connectivity index (χ0) is 20.3. The minimum atomic E-state index is -0.802. The predicted octanol–water partition coefficient (Wildman–Crippen LogP) is 1.85. The average molecular weight is 384 g/mol. The highest BCUT2D eigenvalue weighted by Gasteiger charge is 2.30. The average Bonchev–Trinajstić information content (AvgIpc) is 3.17. The Bertz CT molecular complexity index is 805. The predicted molar refractivity (Wildman–Crippen MR) is 105 cm³/mol. The van der Waals surface area contributed by atoms with E-state index in [0.717, 1.165) is 42.8 Å². The largest absolute Gasteiger partial charge is 0.459 e. The fraction of sp³-hybridized carbons (Fsp3) is 0.619. The van der Waals surface area contributed by atoms with E-state index in [-0.39, 0.29) is 6.61 Å². The topological polar surface area (TPSA) is 86.5 Å². The zero-order valence-corrected chi connectivity index (χ0v) is 17.0. The highest BCUT2D eigenvalue weighted by molar-refractivity contribution is 6.32. The highest BCUT2D eigenvalue weighted by atomic mass is 16.5. The molecule has 0 spiro atoms. The number of nitriles is 1. The molecule has 7 nitrogen and oxygen atoms in total. The molecule has 7 heteroatoms. The number of carbonyl (C=O) groups excluding carboxylic acids is 2. The molecule has 150 valence electrons. The van der Waals surface area contributed by atoms with Crippen molar-refractivity contribution in [2.45, 2.75) is 46.5 Å². The summed E-state index contributed by atoms with van der Waals surface area (Å²) in [5, 5.41) is 9.82. The molecule has 2 heterocycles. The number of hydrogen-bond donors (Lipinski definition) is 0. The number of nitrogens with zero attached hydrogens (tertiary/aromatic N) is 4. The van der Waals surface area contributed by atoms with E-state index in [1.165, 1.54) is 10.5 Å². The van der Waals surface area contributed by atoms with Gasteiger partial charge in [0, 0.05) is 31.9 Å². The number of aromatic nitrogens is 1. The molecule has 0 atom stereocenters. The van der Waals surface area contributed by atoms with Gasteiger partial charge in [0.1, 0.15) is 11.9 Å². The van der Waals surface area contributed by atoms with Gasteiger partial charge >= 0.3 is 11.9 Å². The van der Waals surface area contributed by atoms with Crippen LogP contribution in [0.3, 0.4) is 0 Å². The molecular formula is C21H28N4O3. The van der Waals surface area contributed by atoms with Gasteiger partial charge in [0.05, 0.1) is 12.2 Å². The lowest BCUT2D eigenvalue weighted by Gasteiger charge is -2.35. The van der Waals surface area contributed by atoms with Crippen LogP contribution in [0.15, 0.2) is 0 Å². The van der Waals surface area contributed by atoms with Crippen molar-refractivity contribution in [1.82, 2.24) is 9.88 Å². The maximum Gasteiger partial charge on any atom is 0.397 e. The second-order valence-electron chi connectivity index (χ2n) is 7.78. The van der Waals surface area contributed by atoms with Crippen molar-refractivity contribution in [3.63, 3.8) is 0 Å². The van der Waals surface area contributed by atoms with Gasteiger partial charge < -0.3 is 14.5 Å². The third-order valence-electron chi connectivity index (χ3n) is 5.36. The minimum Gasteiger partial charge on any atom is -0.459 e. The van der Waals surface area contributed by atoms with Gasteiger partial charge in [-0.1, -0.05) is 13.8 Å². The summed E-state index contributed by atoms with van der Waals surface area (Å²) in [7, 11) is 0. The first kappa shape index (κ1) is 20.1. The van der Waals surface area contributed by atoms with Crippen molar-refractivity contribution in [1.29, 1.82) is 5.26 Å². The Labute approximate surface area is 166 Å². The first-order chi connectivity index (χ1) is 13.5. The van der Waals surface area contributed by atoms with E-state index in [9.17, 15) is 14.9 Å². The van der Waals surface area contributed by atoms with Crippen molar-refractivity contribution in [3.05, 3.63) is 22.4 Å². The van der Waals surface area contributed by atoms with E-state index in [2.05, 4.69) is 24.8 Å². The number of piperazine rings is 1. The molecule has 0 saturated carbocycles. The van der Waals surface area contributed by atoms with Crippen LogP contribution in [0.1, 0.15) is 49.6 Å². The Morgan fingerprint density at radius 3 is 2.46 bits per heavy atom. The van der Waals surface area contributed by atoms with Crippen LogP contribution in [0.2, 0.25) is 0 Å². The van der Waals surface area contributed by atoms with E-state index in [1.54, 1.807) is 6.92 Å². The maximum atomic E-state index is 12.1. The molecule has 0 N–H and O–H groups in total. The molecule has 0 unspecified atom stereocenters. The van der Waals surface area contributed by atoms with E-state index in [0.29, 0.717) is 37.7 Å². The lowest BCUT2D eigenvalue weighted by Crippen LogP contribution is -2.51. The summed E-state index contributed by atoms with van der Waals surface area (Å²) < 4.78 is 4.81. The maximum absolute atomic E-state index is 12.1. The number of carbonyl (C=O) groups is 2. The Kier molecular flexibility index (Phi) is 6.18. The molecule has 1 saturated heterocycles. The van der Waals surface area contributed by atoms with Crippen LogP contribution < -0.4 is 4.90 Å². The summed E-state index contributed by atoms with van der Waals surface area (Å²) in [6.07, 6.45) is 3.91. The van der Waals surface area contributed by atoms with Crippen LogP contribution in [-0.2, 0) is 33.6 Å². The first-order valence-corrected chi connectivity index (χ1v) is 10.1. The quantitative estimate of drug-likeness (QED) is 0.582. The lowest BCUT2D eigenvalue weighted by atomic mass is 9.97. The Morgan fingerprint density at radius 1 is 1.18 bits per heavy atom. The van der Waals surface area contributed by atoms with Crippen LogP contribution in [0.5, 0.6) is 0 Å². The smallest absolute Gasteiger partial charge is 0.397 e. The van der Waals surface area contributed by atoms with Crippen molar-refractivity contribution in [3.8, 4) is 6.07 Å². The van der Waals surface area contributed by atoms with Gasteiger partial charge in [0.15, 0.2) is 0 Å². The van der Waals surface area contributed by atoms with Crippen molar-refractivity contribution in [2.24, 2.45) is 5.92 Å². The summed E-state index contributed by atoms with van der Waals surface area (Å²) in [5.41, 5.74) is 4.23. The fourth-order valence-electron chi connectivity index (χ4n) is 4.07. The Morgan fingerprint density at radius 2 is 1.86 bits per heavy atom. The monoisotopic (exact) mass is 384 g/mol. The molecule has 1 aromatic heterocycles. The number of fused-ring (bicyclic) bond motifs is 1. The van der Waals surface area contributed by atoms with Crippen molar-refractivity contribution < 1.29 is 14.3 Å². The van der Waals surface area contributed by atoms with Gasteiger partial charge in [-0.05, 0) is 49.7 Å². The van der Waals surface area contributed by atoms with Crippen LogP contribution in [-0.4, -0.2) is 54.5 Å². The van der Waals surface area contributed by atoms with Crippen LogP contribution in [0, 0.1) is 17.2 Å². The highest BCUT2D eigenvalue weighted by Crippen LogP contribution is 2.34. The van der Waals surface area contributed by atoms with Crippen LogP contribution in [0.25, 0.3) is 0 Å². The summed E-state index contributed by atoms with van der Waals surface area (Å²) >= 11 is 0. The zero-order valence-electron chi connectivity index (χ0n) is 17.0.